The molecule has 0 aliphatic heterocycles. The molecule has 0 radical (unpaired) electrons. The summed E-state index contributed by atoms with van der Waals surface area (Å²) in [6.07, 6.45) is 84.2. The van der Waals surface area contributed by atoms with Crippen molar-refractivity contribution in [2.24, 2.45) is 0 Å². The van der Waals surface area contributed by atoms with E-state index in [0.717, 1.165) is 72.1 Å². The van der Waals surface area contributed by atoms with Crippen LogP contribution < -0.4 is 56.2 Å². The summed E-state index contributed by atoms with van der Waals surface area (Å²) < 4.78 is 21.3. The van der Waals surface area contributed by atoms with E-state index in [1.54, 1.807) is 57.7 Å². The summed E-state index contributed by atoms with van der Waals surface area (Å²) >= 11 is -0.0918. The maximum atomic E-state index is 10.1. The number of rotatable bonds is 83. The fourth-order valence-electron chi connectivity index (χ4n) is 11.9. The Morgan fingerprint density at radius 2 is 0.261 bits per heavy atom. The van der Waals surface area contributed by atoms with E-state index in [1.807, 2.05) is 0 Å². The van der Waals surface area contributed by atoms with Crippen LogP contribution in [-0.2, 0) is 52.7 Å². The second-order valence-corrected chi connectivity index (χ2v) is 65.5. The van der Waals surface area contributed by atoms with Gasteiger partial charge in [0.15, 0.2) is 0 Å². The summed E-state index contributed by atoms with van der Waals surface area (Å²) in [6.45, 7) is 41.7. The van der Waals surface area contributed by atoms with Gasteiger partial charge in [0.2, 0.25) is 0 Å². The molecule has 0 aromatic carbocycles. The van der Waals surface area contributed by atoms with E-state index in [1.165, 1.54) is 347 Å². The van der Waals surface area contributed by atoms with Crippen LogP contribution in [0.4, 0.5) is 0 Å². The normalized spacial score (nSPS) is 9.52. The van der Waals surface area contributed by atoms with Gasteiger partial charge in [0.25, 0.3) is 0 Å². The average Bonchev–Trinajstić information content (AvgIpc) is 1.01. The average molecular weight is 2660 g/mol. The Hall–Kier alpha value is -1.56. The van der Waals surface area contributed by atoms with Gasteiger partial charge in [-0.05, 0) is 96.4 Å². The standard InChI is InChI=1S/4C12H24O2.2C4H4O4.13C4H9.3C2H4O2.6Sn/c4*1-2-3-4-5-6-7-8-9-10-11-12(13)14;2*5-3(6)1-2-4(7)8;13*1-3-4-2;3*1-2(3)4;;;;;;/h4*2-11H2,1H3,(H,13,14);2*1-2H,(H,5,6)(H,7,8);13*1,3-4H2,2H3;3*1H3,(H,3,4);;;;;;/q;;;;;;;;;;;;;;;;;;;;;;+1;5*+2/p-11. The molecule has 0 aromatic heterocycles. The van der Waals surface area contributed by atoms with Gasteiger partial charge in [0, 0.05) is 41.8 Å². The molecular formula is C114H222O22Sn6. The van der Waals surface area contributed by atoms with Crippen LogP contribution in [0.1, 0.15) is 562 Å². The van der Waals surface area contributed by atoms with Crippen molar-refractivity contribution in [1.82, 2.24) is 0 Å². The number of unbranched alkanes of at least 4 members (excludes halogenated alkanes) is 45. The molecule has 834 valence electrons. The molecule has 0 bridgehead atoms. The van der Waals surface area contributed by atoms with E-state index in [0.29, 0.717) is 24.3 Å². The second kappa shape index (κ2) is 178. The molecule has 0 amide bonds. The van der Waals surface area contributed by atoms with Crippen molar-refractivity contribution in [3.05, 3.63) is 24.3 Å². The van der Waals surface area contributed by atoms with Crippen LogP contribution in [0.3, 0.4) is 0 Å². The maximum absolute atomic E-state index is 10.1. The van der Waals surface area contributed by atoms with Crippen molar-refractivity contribution < 1.29 is 109 Å². The van der Waals surface area contributed by atoms with E-state index in [4.69, 9.17) is 29.7 Å². The summed E-state index contributed by atoms with van der Waals surface area (Å²) in [5.74, 6) is -13.1. The number of carbonyl (C=O) groups excluding carboxylic acids is 11. The van der Waals surface area contributed by atoms with E-state index >= 15 is 0 Å². The number of carboxylic acid groups (broad SMARTS) is 11. The van der Waals surface area contributed by atoms with Crippen LogP contribution in [-0.4, -0.2) is 191 Å². The minimum atomic E-state index is -1.55. The fraction of sp³-hybridized carbons (Fsp3) is 0.868. The predicted octanol–water partition coefficient (Wildman–Crippen LogP) is 21.5. The van der Waals surface area contributed by atoms with Crippen LogP contribution in [0.15, 0.2) is 24.3 Å². The largest absolute Gasteiger partial charge is 0.545 e. The summed E-state index contributed by atoms with van der Waals surface area (Å²) in [5.41, 5.74) is 0. The second-order valence-electron chi connectivity index (χ2n) is 35.6. The Morgan fingerprint density at radius 3 is 0.352 bits per heavy atom. The topological polar surface area (TPSA) is 441 Å². The minimum Gasteiger partial charge on any atom is -0.545 e. The molecule has 0 fully saturated rings. The Bertz CT molecular complexity index is 2100. The SMILES string of the molecule is CC(=O)[O-].CC(=O)[O-].CC(=O)[O-].CCCCCCCCCCCC(=O)[O-].CCCCCCCCCCCC(=O)[O-].CCCCCCCCCCCC(=O)[O-].CCCCCCCCCCCC(=O)[O-].CCC[CH2][Sn+2][CH2]CCC.CCC[CH2][Sn+2][CH2]CCC.CCC[CH2][Sn+2][CH2]CCC.CCC[CH2][Sn+2][CH2]CCC.CCC[CH2][Sn+2][CH2]CCC.CCC[CH2][Sn+]([CH2]CCC)[CH2]CCC.O=C([O-])C=CC(=O)[O-].O=C([O-])C=CC(=O)[O-]. The Labute approximate surface area is 934 Å². The van der Waals surface area contributed by atoms with Crippen LogP contribution >= 0.6 is 0 Å². The first kappa shape index (κ1) is 174. The molecule has 0 N–H and O–H groups in total. The van der Waals surface area contributed by atoms with Gasteiger partial charge in [-0.3, -0.25) is 0 Å². The van der Waals surface area contributed by atoms with Crippen molar-refractivity contribution in [2.75, 3.05) is 0 Å². The number of hydrogen-bond acceptors (Lipinski definition) is 22. The van der Waals surface area contributed by atoms with Crippen LogP contribution in [0, 0.1) is 0 Å². The summed E-state index contributed by atoms with van der Waals surface area (Å²) in [5, 5.41) is 105. The van der Waals surface area contributed by atoms with Crippen molar-refractivity contribution in [3.8, 4) is 0 Å². The smallest absolute Gasteiger partial charge is 0.0643 e. The quantitative estimate of drug-likeness (QED) is 0.0310. The molecule has 0 saturated carbocycles. The predicted molar refractivity (Wildman–Crippen MR) is 589 cm³/mol. The molecule has 142 heavy (non-hydrogen) atoms. The van der Waals surface area contributed by atoms with E-state index in [-0.39, 0.29) is 131 Å². The van der Waals surface area contributed by atoms with Gasteiger partial charge in [0.05, 0.1) is 23.9 Å². The zero-order chi connectivity index (χ0) is 111. The Morgan fingerprint density at radius 1 is 0.162 bits per heavy atom. The van der Waals surface area contributed by atoms with Gasteiger partial charge in [-0.15, -0.1) is 0 Å². The van der Waals surface area contributed by atoms with Crippen molar-refractivity contribution in [2.45, 2.75) is 620 Å². The summed E-state index contributed by atoms with van der Waals surface area (Å²) in [4.78, 5) is 105. The monoisotopic (exact) mass is 2660 g/mol. The molecule has 0 unspecified atom stereocenters. The van der Waals surface area contributed by atoms with Gasteiger partial charge in [0.1, 0.15) is 0 Å². The van der Waals surface area contributed by atoms with Crippen molar-refractivity contribution >= 4 is 191 Å². The molecule has 0 saturated heterocycles. The van der Waals surface area contributed by atoms with Crippen LogP contribution in [0.25, 0.3) is 0 Å². The molecule has 28 heteroatoms. The molecule has 0 aromatic rings. The Balaban J connectivity index is -0.0000000947. The third-order valence-electron chi connectivity index (χ3n) is 20.4. The first-order valence-electron chi connectivity index (χ1n) is 56.8. The minimum absolute atomic E-state index is 0.149. The molecule has 0 atom stereocenters. The van der Waals surface area contributed by atoms with Crippen LogP contribution in [0.2, 0.25) is 57.7 Å². The molecule has 0 rings (SSSR count). The summed E-state index contributed by atoms with van der Waals surface area (Å²) in [6, 6.07) is 0. The van der Waals surface area contributed by atoms with E-state index < -0.39 is 85.4 Å². The van der Waals surface area contributed by atoms with Gasteiger partial charge >= 0.3 is 440 Å². The van der Waals surface area contributed by atoms with E-state index in [9.17, 15) is 79.2 Å². The fourth-order valence-corrected chi connectivity index (χ4v) is 42.1. The number of aliphatic carboxylic acids is 11. The van der Waals surface area contributed by atoms with Crippen LogP contribution in [0.5, 0.6) is 0 Å². The first-order valence-corrected chi connectivity index (χ1v) is 83.1. The molecule has 0 spiro atoms. The molecular weight excluding hydrogens is 2430 g/mol. The van der Waals surface area contributed by atoms with Crippen molar-refractivity contribution in [3.63, 3.8) is 0 Å². The molecule has 22 nitrogen and oxygen atoms in total. The number of hydrogen-bond donors (Lipinski definition) is 0. The maximum Gasteiger partial charge on any atom is 0.0643 e. The van der Waals surface area contributed by atoms with Gasteiger partial charge < -0.3 is 109 Å². The molecule has 0 heterocycles. The molecule has 0 aliphatic carbocycles. The van der Waals surface area contributed by atoms with E-state index in [2.05, 4.69) is 118 Å². The third kappa shape index (κ3) is 293. The van der Waals surface area contributed by atoms with Gasteiger partial charge in [-0.25, -0.2) is 0 Å². The zero-order valence-corrected chi connectivity index (χ0v) is 113. The Kier molecular flexibility index (Phi) is 218. The first-order chi connectivity index (χ1) is 67.9. The van der Waals surface area contributed by atoms with Gasteiger partial charge in [-0.2, -0.15) is 0 Å². The third-order valence-corrected chi connectivity index (χ3v) is 49.6. The van der Waals surface area contributed by atoms with Gasteiger partial charge in [-0.1, -0.05) is 233 Å². The van der Waals surface area contributed by atoms with Crippen molar-refractivity contribution in [1.29, 1.82) is 0 Å². The zero-order valence-electron chi connectivity index (χ0n) is 95.7. The summed E-state index contributed by atoms with van der Waals surface area (Å²) in [7, 11) is 0. The number of carbonyl (C=O) groups is 11. The number of carboxylic acids is 11. The molecule has 0 aliphatic rings.